The van der Waals surface area contributed by atoms with E-state index >= 15 is 0 Å². The fraction of sp³-hybridized carbons (Fsp3) is 0.0667. The molecular formula is C15H12IN3O5. The van der Waals surface area contributed by atoms with Crippen LogP contribution >= 0.6 is 22.6 Å². The lowest BCUT2D eigenvalue weighted by atomic mass is 10.1. The Morgan fingerprint density at radius 2 is 1.96 bits per heavy atom. The predicted octanol–water partition coefficient (Wildman–Crippen LogP) is 2.56. The monoisotopic (exact) mass is 441 g/mol. The van der Waals surface area contributed by atoms with E-state index in [1.165, 1.54) is 43.5 Å². The number of hydrogen-bond acceptors (Lipinski definition) is 5. The normalized spacial score (nSPS) is 10.1. The van der Waals surface area contributed by atoms with Crippen molar-refractivity contribution in [3.05, 3.63) is 61.2 Å². The van der Waals surface area contributed by atoms with Crippen molar-refractivity contribution in [2.75, 3.05) is 12.4 Å². The van der Waals surface area contributed by atoms with Crippen LogP contribution in [0.25, 0.3) is 0 Å². The van der Waals surface area contributed by atoms with Gasteiger partial charge in [0.05, 0.1) is 23.3 Å². The van der Waals surface area contributed by atoms with Crippen LogP contribution in [0.2, 0.25) is 0 Å². The minimum absolute atomic E-state index is 0.135. The number of rotatable bonds is 5. The van der Waals surface area contributed by atoms with Crippen molar-refractivity contribution >= 4 is 45.8 Å². The molecule has 2 amide bonds. The van der Waals surface area contributed by atoms with Crippen molar-refractivity contribution in [3.8, 4) is 5.75 Å². The summed E-state index contributed by atoms with van der Waals surface area (Å²) >= 11 is 1.90. The Morgan fingerprint density at radius 1 is 1.25 bits per heavy atom. The predicted molar refractivity (Wildman–Crippen MR) is 95.3 cm³/mol. The Balaban J connectivity index is 2.39. The van der Waals surface area contributed by atoms with Crippen molar-refractivity contribution in [2.45, 2.75) is 0 Å². The maximum atomic E-state index is 12.4. The van der Waals surface area contributed by atoms with Gasteiger partial charge >= 0.3 is 0 Å². The third-order valence-corrected chi connectivity index (χ3v) is 4.08. The van der Waals surface area contributed by atoms with Gasteiger partial charge in [0.25, 0.3) is 11.6 Å². The Morgan fingerprint density at radius 3 is 2.54 bits per heavy atom. The number of carbonyl (C=O) groups is 2. The molecule has 2 aromatic rings. The molecule has 0 atom stereocenters. The summed E-state index contributed by atoms with van der Waals surface area (Å²) in [7, 11) is 1.41. The minimum atomic E-state index is -0.655. The molecule has 0 saturated carbocycles. The second-order valence-electron chi connectivity index (χ2n) is 4.65. The molecule has 0 aliphatic heterocycles. The summed E-state index contributed by atoms with van der Waals surface area (Å²) in [6.45, 7) is 0. The minimum Gasteiger partial charge on any atom is -0.495 e. The first-order valence-electron chi connectivity index (χ1n) is 6.56. The van der Waals surface area contributed by atoms with Gasteiger partial charge in [-0.05, 0) is 46.9 Å². The molecule has 0 unspecified atom stereocenters. The quantitative estimate of drug-likeness (QED) is 0.419. The number of nitro benzene ring substituents is 1. The number of nitrogens with one attached hydrogen (secondary N) is 1. The molecule has 0 aliphatic rings. The average Bonchev–Trinajstić information content (AvgIpc) is 2.54. The molecule has 3 N–H and O–H groups in total. The van der Waals surface area contributed by atoms with E-state index < -0.39 is 16.7 Å². The van der Waals surface area contributed by atoms with E-state index in [4.69, 9.17) is 10.5 Å². The molecule has 0 radical (unpaired) electrons. The first-order chi connectivity index (χ1) is 11.3. The van der Waals surface area contributed by atoms with Gasteiger partial charge in [0.15, 0.2) is 0 Å². The zero-order valence-corrected chi connectivity index (χ0v) is 14.6. The molecule has 0 bridgehead atoms. The molecule has 0 spiro atoms. The lowest BCUT2D eigenvalue weighted by molar-refractivity contribution is -0.384. The Labute approximate surface area is 150 Å². The highest BCUT2D eigenvalue weighted by Gasteiger charge is 2.17. The van der Waals surface area contributed by atoms with E-state index in [0.717, 1.165) is 0 Å². The Kier molecular flexibility index (Phi) is 5.34. The fourth-order valence-corrected chi connectivity index (χ4v) is 2.53. The summed E-state index contributed by atoms with van der Waals surface area (Å²) in [5.74, 6) is -0.894. The number of amides is 2. The lowest BCUT2D eigenvalue weighted by Crippen LogP contribution is -2.16. The molecular weight excluding hydrogens is 429 g/mol. The number of benzene rings is 2. The van der Waals surface area contributed by atoms with E-state index in [1.807, 2.05) is 22.6 Å². The first-order valence-corrected chi connectivity index (χ1v) is 7.64. The molecule has 24 heavy (non-hydrogen) atoms. The molecule has 2 rings (SSSR count). The number of nitro groups is 1. The number of halogens is 1. The zero-order valence-electron chi connectivity index (χ0n) is 12.4. The van der Waals surface area contributed by atoms with E-state index in [9.17, 15) is 19.7 Å². The van der Waals surface area contributed by atoms with E-state index in [-0.39, 0.29) is 22.5 Å². The molecule has 9 heteroatoms. The van der Waals surface area contributed by atoms with Gasteiger partial charge in [-0.2, -0.15) is 0 Å². The van der Waals surface area contributed by atoms with Gasteiger partial charge in [-0.3, -0.25) is 19.7 Å². The summed E-state index contributed by atoms with van der Waals surface area (Å²) in [6, 6.07) is 8.31. The SMILES string of the molecule is COc1ccc(C(N)=O)cc1NC(=O)c1cc([N+](=O)[O-])ccc1I. The Hall–Kier alpha value is -2.69. The lowest BCUT2D eigenvalue weighted by Gasteiger charge is -2.12. The molecule has 0 heterocycles. The van der Waals surface area contributed by atoms with Crippen LogP contribution in [0.4, 0.5) is 11.4 Å². The molecule has 0 aromatic heterocycles. The number of nitrogens with zero attached hydrogens (tertiary/aromatic N) is 1. The average molecular weight is 441 g/mol. The maximum absolute atomic E-state index is 12.4. The summed E-state index contributed by atoms with van der Waals surface area (Å²) < 4.78 is 5.67. The number of hydrogen-bond donors (Lipinski definition) is 2. The molecule has 0 fully saturated rings. The highest BCUT2D eigenvalue weighted by molar-refractivity contribution is 14.1. The van der Waals surface area contributed by atoms with Gasteiger partial charge in [0, 0.05) is 21.3 Å². The topological polar surface area (TPSA) is 125 Å². The van der Waals surface area contributed by atoms with Crippen molar-refractivity contribution < 1.29 is 19.2 Å². The van der Waals surface area contributed by atoms with Crippen LogP contribution in [-0.2, 0) is 0 Å². The van der Waals surface area contributed by atoms with E-state index in [1.54, 1.807) is 0 Å². The van der Waals surface area contributed by atoms with Gasteiger partial charge in [-0.1, -0.05) is 0 Å². The fourth-order valence-electron chi connectivity index (χ4n) is 1.95. The van der Waals surface area contributed by atoms with Gasteiger partial charge in [-0.15, -0.1) is 0 Å². The second-order valence-corrected chi connectivity index (χ2v) is 5.82. The number of anilines is 1. The number of non-ortho nitro benzene ring substituents is 1. The summed E-state index contributed by atoms with van der Waals surface area (Å²) in [5.41, 5.74) is 5.60. The second kappa shape index (κ2) is 7.25. The number of nitrogens with two attached hydrogens (primary N) is 1. The first kappa shape index (κ1) is 17.7. The van der Waals surface area contributed by atoms with Crippen molar-refractivity contribution in [2.24, 2.45) is 5.73 Å². The van der Waals surface area contributed by atoms with Crippen LogP contribution in [0, 0.1) is 13.7 Å². The van der Waals surface area contributed by atoms with Crippen LogP contribution in [0.5, 0.6) is 5.75 Å². The Bertz CT molecular complexity index is 838. The van der Waals surface area contributed by atoms with Crippen molar-refractivity contribution in [3.63, 3.8) is 0 Å². The summed E-state index contributed by atoms with van der Waals surface area (Å²) in [6.07, 6.45) is 0. The third kappa shape index (κ3) is 3.79. The van der Waals surface area contributed by atoms with Gasteiger partial charge in [0.1, 0.15) is 5.75 Å². The van der Waals surface area contributed by atoms with Crippen molar-refractivity contribution in [1.82, 2.24) is 0 Å². The number of ether oxygens (including phenoxy) is 1. The van der Waals surface area contributed by atoms with Gasteiger partial charge < -0.3 is 15.8 Å². The molecule has 124 valence electrons. The third-order valence-electron chi connectivity index (χ3n) is 3.14. The largest absolute Gasteiger partial charge is 0.495 e. The molecule has 2 aromatic carbocycles. The van der Waals surface area contributed by atoms with Crippen molar-refractivity contribution in [1.29, 1.82) is 0 Å². The standard InChI is InChI=1S/C15H12IN3O5/c1-24-13-5-2-8(14(17)20)6-12(13)18-15(21)10-7-9(19(22)23)3-4-11(10)16/h2-7H,1H3,(H2,17,20)(H,18,21). The molecule has 8 nitrogen and oxygen atoms in total. The van der Waals surface area contributed by atoms with Crippen LogP contribution in [-0.4, -0.2) is 23.8 Å². The van der Waals surface area contributed by atoms with Crippen LogP contribution in [0.3, 0.4) is 0 Å². The zero-order chi connectivity index (χ0) is 17.9. The summed E-state index contributed by atoms with van der Waals surface area (Å²) in [4.78, 5) is 34.0. The number of methoxy groups -OCH3 is 1. The van der Waals surface area contributed by atoms with E-state index in [0.29, 0.717) is 9.32 Å². The highest BCUT2D eigenvalue weighted by atomic mass is 127. The van der Waals surface area contributed by atoms with Crippen LogP contribution < -0.4 is 15.8 Å². The highest BCUT2D eigenvalue weighted by Crippen LogP contribution is 2.27. The molecule has 0 saturated heterocycles. The van der Waals surface area contributed by atoms with Gasteiger partial charge in [0.2, 0.25) is 5.91 Å². The van der Waals surface area contributed by atoms with Gasteiger partial charge in [-0.25, -0.2) is 0 Å². The van der Waals surface area contributed by atoms with E-state index in [2.05, 4.69) is 5.32 Å². The van der Waals surface area contributed by atoms with Crippen LogP contribution in [0.15, 0.2) is 36.4 Å². The smallest absolute Gasteiger partial charge is 0.270 e. The number of primary amides is 1. The van der Waals surface area contributed by atoms with Crippen LogP contribution in [0.1, 0.15) is 20.7 Å². The maximum Gasteiger partial charge on any atom is 0.270 e. The number of carbonyl (C=O) groups excluding carboxylic acids is 2. The summed E-state index contributed by atoms with van der Waals surface area (Å²) in [5, 5.41) is 13.4. The molecule has 0 aliphatic carbocycles.